The van der Waals surface area contributed by atoms with E-state index in [1.807, 2.05) is 24.3 Å². The summed E-state index contributed by atoms with van der Waals surface area (Å²) in [6.45, 7) is 1.35. The molecule has 1 aliphatic rings. The highest BCUT2D eigenvalue weighted by Gasteiger charge is 2.27. The van der Waals surface area contributed by atoms with Gasteiger partial charge >= 0.3 is 0 Å². The second kappa shape index (κ2) is 10.8. The Morgan fingerprint density at radius 3 is 2.79 bits per heavy atom. The average Bonchev–Trinajstić information content (AvgIpc) is 3.40. The van der Waals surface area contributed by atoms with Gasteiger partial charge in [-0.05, 0) is 25.0 Å². The van der Waals surface area contributed by atoms with E-state index in [1.165, 1.54) is 11.3 Å². The predicted molar refractivity (Wildman–Crippen MR) is 117 cm³/mol. The van der Waals surface area contributed by atoms with E-state index in [2.05, 4.69) is 31.4 Å². The van der Waals surface area contributed by atoms with Crippen molar-refractivity contribution in [1.29, 1.82) is 0 Å². The normalized spacial score (nSPS) is 14.1. The van der Waals surface area contributed by atoms with Gasteiger partial charge in [0.15, 0.2) is 0 Å². The van der Waals surface area contributed by atoms with Crippen molar-refractivity contribution >= 4 is 44.2 Å². The monoisotopic (exact) mass is 480 g/mol. The van der Waals surface area contributed by atoms with E-state index >= 15 is 0 Å². The Hall–Kier alpha value is -1.84. The zero-order chi connectivity index (χ0) is 20.6. The van der Waals surface area contributed by atoms with Crippen LogP contribution in [-0.4, -0.2) is 53.7 Å². The molecule has 1 heterocycles. The molecule has 7 nitrogen and oxygen atoms in total. The number of nitrogens with zero attached hydrogens (tertiary/aromatic N) is 3. The van der Waals surface area contributed by atoms with Gasteiger partial charge in [0.2, 0.25) is 16.9 Å². The van der Waals surface area contributed by atoms with Crippen LogP contribution in [0, 0.1) is 5.92 Å². The lowest BCUT2D eigenvalue weighted by Gasteiger charge is -2.25. The summed E-state index contributed by atoms with van der Waals surface area (Å²) in [4.78, 5) is 26.9. The van der Waals surface area contributed by atoms with E-state index in [9.17, 15) is 9.59 Å². The number of methoxy groups -OCH3 is 1. The van der Waals surface area contributed by atoms with Crippen molar-refractivity contribution in [3.63, 3.8) is 0 Å². The van der Waals surface area contributed by atoms with Gasteiger partial charge in [-0.15, -0.1) is 10.2 Å². The predicted octanol–water partition coefficient (Wildman–Crippen LogP) is 3.96. The Balaban J connectivity index is 1.54. The number of amides is 2. The third-order valence-electron chi connectivity index (χ3n) is 4.93. The number of carbonyl (C=O) groups excluding carboxylic acids is 2. The van der Waals surface area contributed by atoms with Crippen LogP contribution in [0.1, 0.15) is 32.1 Å². The quantitative estimate of drug-likeness (QED) is 0.586. The van der Waals surface area contributed by atoms with Crippen LogP contribution in [0.2, 0.25) is 0 Å². The van der Waals surface area contributed by atoms with Crippen molar-refractivity contribution in [1.82, 2.24) is 15.1 Å². The molecule has 1 aromatic carbocycles. The maximum Gasteiger partial charge on any atom is 0.227 e. The van der Waals surface area contributed by atoms with Crippen LogP contribution in [-0.2, 0) is 14.3 Å². The summed E-state index contributed by atoms with van der Waals surface area (Å²) in [5, 5.41) is 12.2. The number of nitrogens with one attached hydrogen (secondary N) is 1. The van der Waals surface area contributed by atoms with Gasteiger partial charge in [0.1, 0.15) is 5.01 Å². The first-order valence-corrected chi connectivity index (χ1v) is 11.3. The van der Waals surface area contributed by atoms with Crippen LogP contribution in [0.3, 0.4) is 0 Å². The van der Waals surface area contributed by atoms with Crippen LogP contribution in [0.25, 0.3) is 10.6 Å². The average molecular weight is 481 g/mol. The molecule has 0 saturated heterocycles. The van der Waals surface area contributed by atoms with Gasteiger partial charge in [0.25, 0.3) is 0 Å². The maximum absolute atomic E-state index is 12.7. The minimum Gasteiger partial charge on any atom is -0.383 e. The second-order valence-electron chi connectivity index (χ2n) is 7.02. The number of rotatable bonds is 9. The molecule has 1 aliphatic carbocycles. The first kappa shape index (κ1) is 21.9. The topological polar surface area (TPSA) is 84.4 Å². The van der Waals surface area contributed by atoms with Gasteiger partial charge in [-0.25, -0.2) is 0 Å². The zero-order valence-corrected chi connectivity index (χ0v) is 18.8. The van der Waals surface area contributed by atoms with Crippen LogP contribution in [0.15, 0.2) is 28.7 Å². The lowest BCUT2D eigenvalue weighted by atomic mass is 10.1. The molecule has 2 aromatic rings. The molecule has 2 amide bonds. The molecule has 0 atom stereocenters. The molecule has 1 aromatic heterocycles. The fourth-order valence-corrected chi connectivity index (χ4v) is 4.55. The molecular formula is C20H25BrN4O3S. The van der Waals surface area contributed by atoms with E-state index in [-0.39, 0.29) is 24.2 Å². The molecular weight excluding hydrogens is 456 g/mol. The maximum atomic E-state index is 12.7. The lowest BCUT2D eigenvalue weighted by molar-refractivity contribution is -0.136. The molecule has 0 aliphatic heterocycles. The fraction of sp³-hybridized carbons (Fsp3) is 0.500. The van der Waals surface area contributed by atoms with E-state index in [0.29, 0.717) is 24.8 Å². The number of hydrogen-bond acceptors (Lipinski definition) is 6. The van der Waals surface area contributed by atoms with Gasteiger partial charge < -0.3 is 15.0 Å². The van der Waals surface area contributed by atoms with Gasteiger partial charge in [-0.3, -0.25) is 9.59 Å². The summed E-state index contributed by atoms with van der Waals surface area (Å²) in [5.41, 5.74) is 0.935. The largest absolute Gasteiger partial charge is 0.383 e. The minimum atomic E-state index is -0.177. The standard InChI is InChI=1S/C20H25BrN4O3S/c1-28-12-11-25(19(27)14-5-2-3-6-14)10-9-17(26)22-20-24-23-18(29-20)15-7-4-8-16(21)13-15/h4,7-8,13-14H,2-3,5-6,9-12H2,1H3,(H,22,24,26). The van der Waals surface area contributed by atoms with Gasteiger partial charge in [0, 0.05) is 42.6 Å². The molecule has 1 fully saturated rings. The molecule has 9 heteroatoms. The number of hydrogen-bond donors (Lipinski definition) is 1. The van der Waals surface area contributed by atoms with Crippen molar-refractivity contribution in [3.8, 4) is 10.6 Å². The summed E-state index contributed by atoms with van der Waals surface area (Å²) < 4.78 is 6.08. The summed E-state index contributed by atoms with van der Waals surface area (Å²) in [5.74, 6) is 0.0506. The molecule has 1 N–H and O–H groups in total. The summed E-state index contributed by atoms with van der Waals surface area (Å²) in [6.07, 6.45) is 4.31. The molecule has 1 saturated carbocycles. The molecule has 0 unspecified atom stereocenters. The summed E-state index contributed by atoms with van der Waals surface area (Å²) >= 11 is 4.76. The second-order valence-corrected chi connectivity index (χ2v) is 8.91. The molecule has 0 bridgehead atoms. The molecule has 3 rings (SSSR count). The molecule has 29 heavy (non-hydrogen) atoms. The molecule has 0 spiro atoms. The van der Waals surface area contributed by atoms with Crippen LogP contribution in [0.5, 0.6) is 0 Å². The molecule has 0 radical (unpaired) electrons. The lowest BCUT2D eigenvalue weighted by Crippen LogP contribution is -2.39. The molecule has 156 valence electrons. The number of halogens is 1. The van der Waals surface area contributed by atoms with Crippen LogP contribution < -0.4 is 5.32 Å². The van der Waals surface area contributed by atoms with E-state index in [0.717, 1.165) is 40.7 Å². The summed E-state index contributed by atoms with van der Waals surface area (Å²) in [7, 11) is 1.61. The van der Waals surface area contributed by atoms with E-state index in [1.54, 1.807) is 12.0 Å². The van der Waals surface area contributed by atoms with E-state index in [4.69, 9.17) is 4.74 Å². The zero-order valence-electron chi connectivity index (χ0n) is 16.4. The van der Waals surface area contributed by atoms with Crippen molar-refractivity contribution in [3.05, 3.63) is 28.7 Å². The van der Waals surface area contributed by atoms with Gasteiger partial charge in [-0.2, -0.15) is 0 Å². The minimum absolute atomic E-state index is 0.0887. The Bertz CT molecular complexity index is 839. The smallest absolute Gasteiger partial charge is 0.227 e. The Morgan fingerprint density at radius 2 is 2.07 bits per heavy atom. The summed E-state index contributed by atoms with van der Waals surface area (Å²) in [6, 6.07) is 7.76. The number of anilines is 1. The first-order valence-electron chi connectivity index (χ1n) is 9.74. The Labute approximate surface area is 183 Å². The third kappa shape index (κ3) is 6.32. The number of benzene rings is 1. The van der Waals surface area contributed by atoms with Crippen molar-refractivity contribution in [2.45, 2.75) is 32.1 Å². The Morgan fingerprint density at radius 1 is 1.28 bits per heavy atom. The Kier molecular flexibility index (Phi) is 8.14. The highest BCUT2D eigenvalue weighted by molar-refractivity contribution is 9.10. The van der Waals surface area contributed by atoms with Crippen LogP contribution >= 0.6 is 27.3 Å². The van der Waals surface area contributed by atoms with Gasteiger partial charge in [-0.1, -0.05) is 52.2 Å². The first-order chi connectivity index (χ1) is 14.1. The fourth-order valence-electron chi connectivity index (χ4n) is 3.39. The van der Waals surface area contributed by atoms with Gasteiger partial charge in [0.05, 0.1) is 6.61 Å². The number of carbonyl (C=O) groups is 2. The van der Waals surface area contributed by atoms with Crippen molar-refractivity contribution in [2.24, 2.45) is 5.92 Å². The number of aromatic nitrogens is 2. The van der Waals surface area contributed by atoms with E-state index < -0.39 is 0 Å². The SMILES string of the molecule is COCCN(CCC(=O)Nc1nnc(-c2cccc(Br)c2)s1)C(=O)C1CCCC1. The highest BCUT2D eigenvalue weighted by atomic mass is 79.9. The third-order valence-corrected chi connectivity index (χ3v) is 6.31. The highest BCUT2D eigenvalue weighted by Crippen LogP contribution is 2.28. The van der Waals surface area contributed by atoms with Crippen molar-refractivity contribution in [2.75, 3.05) is 32.1 Å². The van der Waals surface area contributed by atoms with Crippen LogP contribution in [0.4, 0.5) is 5.13 Å². The number of ether oxygens (including phenoxy) is 1. The van der Waals surface area contributed by atoms with Crippen molar-refractivity contribution < 1.29 is 14.3 Å².